The molecule has 4 rings (SSSR count). The molecule has 0 fully saturated rings. The average Bonchev–Trinajstić information content (AvgIpc) is 3.51. The Balaban J connectivity index is 1.46. The van der Waals surface area contributed by atoms with Crippen LogP contribution < -0.4 is 18.9 Å². The second-order valence-corrected chi connectivity index (χ2v) is 7.23. The molecule has 0 N–H and O–H groups in total. The molecule has 0 saturated carbocycles. The van der Waals surface area contributed by atoms with E-state index in [4.69, 9.17) is 27.8 Å². The Morgan fingerprint density at radius 1 is 0.719 bits per heavy atom. The summed E-state index contributed by atoms with van der Waals surface area (Å²) >= 11 is 1.30. The van der Waals surface area contributed by atoms with Crippen molar-refractivity contribution in [3.8, 4) is 45.9 Å². The monoisotopic (exact) mass is 456 g/mol. The average molecular weight is 456 g/mol. The van der Waals surface area contributed by atoms with Crippen LogP contribution in [0, 0.1) is 0 Å². The van der Waals surface area contributed by atoms with Crippen LogP contribution in [0.3, 0.4) is 0 Å². The highest BCUT2D eigenvalue weighted by Gasteiger charge is 2.18. The van der Waals surface area contributed by atoms with Crippen LogP contribution in [0.5, 0.6) is 23.0 Å². The van der Waals surface area contributed by atoms with Gasteiger partial charge in [0.15, 0.2) is 11.5 Å². The molecule has 11 heteroatoms. The van der Waals surface area contributed by atoms with Crippen LogP contribution in [0.25, 0.3) is 22.9 Å². The van der Waals surface area contributed by atoms with Crippen LogP contribution in [-0.2, 0) is 5.75 Å². The van der Waals surface area contributed by atoms with Crippen LogP contribution >= 0.6 is 11.8 Å². The maximum absolute atomic E-state index is 5.78. The van der Waals surface area contributed by atoms with E-state index in [-0.39, 0.29) is 0 Å². The Kier molecular flexibility index (Phi) is 6.45. The molecule has 32 heavy (non-hydrogen) atoms. The zero-order valence-electron chi connectivity index (χ0n) is 17.8. The van der Waals surface area contributed by atoms with E-state index in [0.29, 0.717) is 51.5 Å². The topological polar surface area (TPSA) is 115 Å². The number of ether oxygens (including phenoxy) is 4. The van der Waals surface area contributed by atoms with Crippen LogP contribution in [-0.4, -0.2) is 48.8 Å². The van der Waals surface area contributed by atoms with Crippen molar-refractivity contribution >= 4 is 11.8 Å². The van der Waals surface area contributed by atoms with E-state index in [2.05, 4.69) is 20.4 Å². The summed E-state index contributed by atoms with van der Waals surface area (Å²) in [6.45, 7) is 0. The summed E-state index contributed by atoms with van der Waals surface area (Å²) in [4.78, 5) is 0. The molecule has 0 radical (unpaired) electrons. The summed E-state index contributed by atoms with van der Waals surface area (Å²) in [5.74, 6) is 3.73. The van der Waals surface area contributed by atoms with Crippen LogP contribution in [0.4, 0.5) is 0 Å². The van der Waals surface area contributed by atoms with Crippen LogP contribution in [0.2, 0.25) is 0 Å². The molecule has 2 aromatic heterocycles. The Morgan fingerprint density at radius 2 is 1.38 bits per heavy atom. The second-order valence-electron chi connectivity index (χ2n) is 6.31. The molecular formula is C21H20N4O6S. The second kappa shape index (κ2) is 9.60. The number of methoxy groups -OCH3 is 4. The Hall–Kier alpha value is -3.73. The fourth-order valence-electron chi connectivity index (χ4n) is 2.87. The van der Waals surface area contributed by atoms with Gasteiger partial charge in [-0.3, -0.25) is 0 Å². The van der Waals surface area contributed by atoms with E-state index >= 15 is 0 Å². The number of hydrogen-bond donors (Lipinski definition) is 0. The normalized spacial score (nSPS) is 10.8. The molecule has 2 aromatic carbocycles. The maximum Gasteiger partial charge on any atom is 0.277 e. The fourth-order valence-corrected chi connectivity index (χ4v) is 3.48. The van der Waals surface area contributed by atoms with E-state index in [0.717, 1.165) is 11.3 Å². The lowest BCUT2D eigenvalue weighted by molar-refractivity contribution is 0.324. The highest BCUT2D eigenvalue weighted by atomic mass is 32.2. The summed E-state index contributed by atoms with van der Waals surface area (Å²) in [7, 11) is 6.24. The van der Waals surface area contributed by atoms with Gasteiger partial charge in [-0.1, -0.05) is 11.8 Å². The molecule has 0 bridgehead atoms. The molecule has 0 aliphatic carbocycles. The van der Waals surface area contributed by atoms with Gasteiger partial charge >= 0.3 is 0 Å². The van der Waals surface area contributed by atoms with Gasteiger partial charge in [0.05, 0.1) is 34.2 Å². The van der Waals surface area contributed by atoms with Gasteiger partial charge in [-0.05, 0) is 36.4 Å². The van der Waals surface area contributed by atoms with E-state index in [1.165, 1.54) is 11.8 Å². The molecule has 166 valence electrons. The number of hydrogen-bond acceptors (Lipinski definition) is 11. The third-order valence-electron chi connectivity index (χ3n) is 4.44. The van der Waals surface area contributed by atoms with Crippen molar-refractivity contribution < 1.29 is 27.8 Å². The molecule has 0 amide bonds. The summed E-state index contributed by atoms with van der Waals surface area (Å²) in [6.07, 6.45) is 0. The largest absolute Gasteiger partial charge is 0.497 e. The van der Waals surface area contributed by atoms with Gasteiger partial charge in [-0.25, -0.2) is 0 Å². The molecule has 0 saturated heterocycles. The Labute approximate surface area is 187 Å². The first kappa shape index (κ1) is 21.5. The van der Waals surface area contributed by atoms with Crippen molar-refractivity contribution in [2.24, 2.45) is 0 Å². The van der Waals surface area contributed by atoms with Crippen molar-refractivity contribution in [2.45, 2.75) is 11.0 Å². The number of rotatable bonds is 9. The number of aromatic nitrogens is 4. The van der Waals surface area contributed by atoms with Crippen molar-refractivity contribution in [1.82, 2.24) is 20.4 Å². The molecule has 0 unspecified atom stereocenters. The predicted molar refractivity (Wildman–Crippen MR) is 115 cm³/mol. The Bertz CT molecular complexity index is 1170. The first-order valence-electron chi connectivity index (χ1n) is 9.38. The zero-order chi connectivity index (χ0) is 22.5. The number of nitrogens with zero attached hydrogens (tertiary/aromatic N) is 4. The molecule has 10 nitrogen and oxygen atoms in total. The lowest BCUT2D eigenvalue weighted by atomic mass is 10.2. The quantitative estimate of drug-likeness (QED) is 0.339. The molecular weight excluding hydrogens is 436 g/mol. The minimum absolute atomic E-state index is 0.323. The van der Waals surface area contributed by atoms with Gasteiger partial charge in [-0.2, -0.15) is 0 Å². The molecule has 0 atom stereocenters. The summed E-state index contributed by atoms with van der Waals surface area (Å²) in [5.41, 5.74) is 1.44. The Morgan fingerprint density at radius 3 is 2.00 bits per heavy atom. The summed E-state index contributed by atoms with van der Waals surface area (Å²) < 4.78 is 32.7. The highest BCUT2D eigenvalue weighted by Crippen LogP contribution is 2.41. The summed E-state index contributed by atoms with van der Waals surface area (Å²) in [5, 5.41) is 16.7. The van der Waals surface area contributed by atoms with Crippen molar-refractivity contribution in [3.63, 3.8) is 0 Å². The molecule has 0 aliphatic heterocycles. The van der Waals surface area contributed by atoms with Gasteiger partial charge < -0.3 is 27.8 Å². The predicted octanol–water partition coefficient (Wildman–Crippen LogP) is 4.11. The van der Waals surface area contributed by atoms with Gasteiger partial charge in [0.2, 0.25) is 23.4 Å². The third-order valence-corrected chi connectivity index (χ3v) is 5.24. The van der Waals surface area contributed by atoms with Gasteiger partial charge in [0, 0.05) is 11.1 Å². The first-order chi connectivity index (χ1) is 15.6. The zero-order valence-corrected chi connectivity index (χ0v) is 18.6. The maximum atomic E-state index is 5.78. The van der Waals surface area contributed by atoms with Crippen molar-refractivity contribution in [1.29, 1.82) is 0 Å². The summed E-state index contributed by atoms with van der Waals surface area (Å²) in [6, 6.07) is 10.8. The van der Waals surface area contributed by atoms with E-state index < -0.39 is 0 Å². The molecule has 0 spiro atoms. The standard InChI is InChI=1S/C21H20N4O6S/c1-26-14-7-5-12(6-8-14)19-24-25-21(31-19)32-11-17-22-23-20(30-17)13-9-15(27-2)18(29-4)16(10-13)28-3/h5-10H,11H2,1-4H3. The minimum atomic E-state index is 0.323. The minimum Gasteiger partial charge on any atom is -0.497 e. The van der Waals surface area contributed by atoms with Crippen molar-refractivity contribution in [3.05, 3.63) is 42.3 Å². The smallest absolute Gasteiger partial charge is 0.277 e. The van der Waals surface area contributed by atoms with Crippen molar-refractivity contribution in [2.75, 3.05) is 28.4 Å². The number of benzene rings is 2. The molecule has 2 heterocycles. The molecule has 0 aliphatic rings. The fraction of sp³-hybridized carbons (Fsp3) is 0.238. The van der Waals surface area contributed by atoms with Gasteiger partial charge in [-0.15, -0.1) is 20.4 Å². The highest BCUT2D eigenvalue weighted by molar-refractivity contribution is 7.98. The molecule has 4 aromatic rings. The lowest BCUT2D eigenvalue weighted by Crippen LogP contribution is -1.95. The van der Waals surface area contributed by atoms with Gasteiger partial charge in [0.1, 0.15) is 5.75 Å². The SMILES string of the molecule is COc1ccc(-c2nnc(SCc3nnc(-c4cc(OC)c(OC)c(OC)c4)o3)o2)cc1. The van der Waals surface area contributed by atoms with E-state index in [1.54, 1.807) is 40.6 Å². The van der Waals surface area contributed by atoms with E-state index in [1.807, 2.05) is 24.3 Å². The van der Waals surface area contributed by atoms with Crippen LogP contribution in [0.1, 0.15) is 5.89 Å². The van der Waals surface area contributed by atoms with E-state index in [9.17, 15) is 0 Å². The number of thioether (sulfide) groups is 1. The van der Waals surface area contributed by atoms with Crippen LogP contribution in [0.15, 0.2) is 50.5 Å². The first-order valence-corrected chi connectivity index (χ1v) is 10.4. The third kappa shape index (κ3) is 4.47. The lowest BCUT2D eigenvalue weighted by Gasteiger charge is -2.12. The van der Waals surface area contributed by atoms with Gasteiger partial charge in [0.25, 0.3) is 5.22 Å².